The summed E-state index contributed by atoms with van der Waals surface area (Å²) in [7, 11) is 3.50. The average Bonchev–Trinajstić information content (AvgIpc) is 2.42. The van der Waals surface area contributed by atoms with Gasteiger partial charge in [-0.05, 0) is 47.5 Å². The van der Waals surface area contributed by atoms with Crippen molar-refractivity contribution >= 4 is 21.6 Å². The summed E-state index contributed by atoms with van der Waals surface area (Å²) in [4.78, 5) is 4.27. The SMILES string of the molecule is CCOc1ccc(CSSc2ccccn2)cc1. The Bertz CT molecular complexity index is 459. The molecule has 0 atom stereocenters. The van der Waals surface area contributed by atoms with Crippen molar-refractivity contribution in [3.8, 4) is 5.75 Å². The lowest BCUT2D eigenvalue weighted by molar-refractivity contribution is 0.340. The minimum atomic E-state index is 0.712. The van der Waals surface area contributed by atoms with E-state index < -0.39 is 0 Å². The van der Waals surface area contributed by atoms with Crippen LogP contribution >= 0.6 is 21.6 Å². The Kier molecular flexibility index (Phi) is 5.42. The molecular formula is C14H15NOS2. The Balaban J connectivity index is 1.80. The fourth-order valence-electron chi connectivity index (χ4n) is 1.40. The monoisotopic (exact) mass is 277 g/mol. The van der Waals surface area contributed by atoms with E-state index in [4.69, 9.17) is 4.74 Å². The largest absolute Gasteiger partial charge is 0.494 e. The van der Waals surface area contributed by atoms with E-state index in [-0.39, 0.29) is 0 Å². The summed E-state index contributed by atoms with van der Waals surface area (Å²) in [6.45, 7) is 2.71. The highest BCUT2D eigenvalue weighted by atomic mass is 33.1. The number of rotatable bonds is 6. The number of hydrogen-bond donors (Lipinski definition) is 0. The number of ether oxygens (including phenoxy) is 1. The lowest BCUT2D eigenvalue weighted by Crippen LogP contribution is -1.90. The van der Waals surface area contributed by atoms with Crippen LogP contribution in [0.5, 0.6) is 5.75 Å². The van der Waals surface area contributed by atoms with Gasteiger partial charge in [-0.3, -0.25) is 0 Å². The van der Waals surface area contributed by atoms with Crippen LogP contribution < -0.4 is 4.74 Å². The second-order valence-corrected chi connectivity index (χ2v) is 5.91. The predicted molar refractivity (Wildman–Crippen MR) is 79.0 cm³/mol. The zero-order valence-electron chi connectivity index (χ0n) is 10.2. The third kappa shape index (κ3) is 4.27. The molecule has 94 valence electrons. The first-order chi connectivity index (χ1) is 8.88. The van der Waals surface area contributed by atoms with E-state index in [1.54, 1.807) is 21.6 Å². The van der Waals surface area contributed by atoms with Gasteiger partial charge in [0.05, 0.1) is 6.61 Å². The van der Waals surface area contributed by atoms with E-state index in [1.807, 2.05) is 43.5 Å². The summed E-state index contributed by atoms with van der Waals surface area (Å²) < 4.78 is 5.41. The highest BCUT2D eigenvalue weighted by Gasteiger charge is 1.98. The molecule has 2 rings (SSSR count). The maximum Gasteiger partial charge on any atom is 0.119 e. The van der Waals surface area contributed by atoms with E-state index >= 15 is 0 Å². The van der Waals surface area contributed by atoms with Crippen molar-refractivity contribution < 1.29 is 4.74 Å². The summed E-state index contributed by atoms with van der Waals surface area (Å²) >= 11 is 0. The molecule has 1 heterocycles. The summed E-state index contributed by atoms with van der Waals surface area (Å²) in [5.74, 6) is 1.90. The molecule has 2 nitrogen and oxygen atoms in total. The highest BCUT2D eigenvalue weighted by Crippen LogP contribution is 2.32. The second-order valence-electron chi connectivity index (χ2n) is 3.59. The van der Waals surface area contributed by atoms with Gasteiger partial charge in [0.1, 0.15) is 10.8 Å². The molecule has 1 aromatic heterocycles. The van der Waals surface area contributed by atoms with Crippen molar-refractivity contribution in [2.24, 2.45) is 0 Å². The summed E-state index contributed by atoms with van der Waals surface area (Å²) in [6.07, 6.45) is 1.82. The topological polar surface area (TPSA) is 22.1 Å². The van der Waals surface area contributed by atoms with Gasteiger partial charge in [-0.2, -0.15) is 0 Å². The lowest BCUT2D eigenvalue weighted by Gasteiger charge is -2.04. The summed E-state index contributed by atoms with van der Waals surface area (Å²) in [5.41, 5.74) is 1.30. The molecule has 4 heteroatoms. The minimum Gasteiger partial charge on any atom is -0.494 e. The molecular weight excluding hydrogens is 262 g/mol. The molecule has 0 aliphatic heterocycles. The van der Waals surface area contributed by atoms with Crippen LogP contribution in [0.2, 0.25) is 0 Å². The number of nitrogens with zero attached hydrogens (tertiary/aromatic N) is 1. The Morgan fingerprint density at radius 3 is 2.61 bits per heavy atom. The fraction of sp³-hybridized carbons (Fsp3) is 0.214. The Morgan fingerprint density at radius 2 is 1.94 bits per heavy atom. The number of benzene rings is 1. The van der Waals surface area contributed by atoms with Gasteiger partial charge >= 0.3 is 0 Å². The van der Waals surface area contributed by atoms with Gasteiger partial charge in [-0.25, -0.2) is 4.98 Å². The van der Waals surface area contributed by atoms with Crippen LogP contribution in [0.15, 0.2) is 53.7 Å². The Labute approximate surface area is 116 Å². The third-order valence-corrected chi connectivity index (χ3v) is 4.44. The molecule has 2 aromatic rings. The summed E-state index contributed by atoms with van der Waals surface area (Å²) in [5, 5.41) is 1.05. The van der Waals surface area contributed by atoms with Crippen LogP contribution in [0, 0.1) is 0 Å². The standard InChI is InChI=1S/C14H15NOS2/c1-2-16-13-8-6-12(7-9-13)11-17-18-14-5-3-4-10-15-14/h3-10H,2,11H2,1H3. The highest BCUT2D eigenvalue weighted by molar-refractivity contribution is 8.76. The van der Waals surface area contributed by atoms with Gasteiger partial charge in [0, 0.05) is 11.9 Å². The summed E-state index contributed by atoms with van der Waals surface area (Å²) in [6, 6.07) is 14.2. The Hall–Kier alpha value is -1.13. The van der Waals surface area contributed by atoms with Crippen LogP contribution in [0.1, 0.15) is 12.5 Å². The molecule has 0 aliphatic carbocycles. The molecule has 18 heavy (non-hydrogen) atoms. The van der Waals surface area contributed by atoms with Gasteiger partial charge in [0.25, 0.3) is 0 Å². The normalized spacial score (nSPS) is 10.3. The van der Waals surface area contributed by atoms with Crippen molar-refractivity contribution in [3.63, 3.8) is 0 Å². The van der Waals surface area contributed by atoms with Crippen molar-refractivity contribution in [1.29, 1.82) is 0 Å². The maximum atomic E-state index is 5.41. The van der Waals surface area contributed by atoms with Crippen molar-refractivity contribution in [2.75, 3.05) is 6.61 Å². The predicted octanol–water partition coefficient (Wildman–Crippen LogP) is 4.42. The fourth-order valence-corrected chi connectivity index (χ4v) is 3.39. The van der Waals surface area contributed by atoms with Gasteiger partial charge in [0.15, 0.2) is 0 Å². The second kappa shape index (κ2) is 7.34. The van der Waals surface area contributed by atoms with E-state index in [2.05, 4.69) is 17.1 Å². The smallest absolute Gasteiger partial charge is 0.119 e. The van der Waals surface area contributed by atoms with Crippen LogP contribution in [-0.4, -0.2) is 11.6 Å². The molecule has 0 bridgehead atoms. The van der Waals surface area contributed by atoms with Crippen LogP contribution in [0.4, 0.5) is 0 Å². The van der Waals surface area contributed by atoms with E-state index in [0.717, 1.165) is 16.5 Å². The maximum absolute atomic E-state index is 5.41. The van der Waals surface area contributed by atoms with Crippen molar-refractivity contribution in [1.82, 2.24) is 4.98 Å². The first-order valence-corrected chi connectivity index (χ1v) is 8.12. The molecule has 0 N–H and O–H groups in total. The van der Waals surface area contributed by atoms with Crippen LogP contribution in [0.25, 0.3) is 0 Å². The molecule has 0 unspecified atom stereocenters. The van der Waals surface area contributed by atoms with Gasteiger partial charge < -0.3 is 4.74 Å². The van der Waals surface area contributed by atoms with E-state index in [1.165, 1.54) is 5.56 Å². The third-order valence-electron chi connectivity index (χ3n) is 2.24. The molecule has 0 saturated heterocycles. The molecule has 0 aliphatic rings. The van der Waals surface area contributed by atoms with E-state index in [9.17, 15) is 0 Å². The van der Waals surface area contributed by atoms with Crippen molar-refractivity contribution in [3.05, 3.63) is 54.2 Å². The molecule has 0 radical (unpaired) electrons. The quantitative estimate of drug-likeness (QED) is 0.729. The first kappa shape index (κ1) is 13.3. The van der Waals surface area contributed by atoms with Gasteiger partial charge in [-0.1, -0.05) is 29.0 Å². The molecule has 0 amide bonds. The molecule has 0 spiro atoms. The molecule has 1 aromatic carbocycles. The van der Waals surface area contributed by atoms with Crippen LogP contribution in [0.3, 0.4) is 0 Å². The van der Waals surface area contributed by atoms with Crippen molar-refractivity contribution in [2.45, 2.75) is 17.7 Å². The van der Waals surface area contributed by atoms with Crippen LogP contribution in [-0.2, 0) is 5.75 Å². The zero-order valence-corrected chi connectivity index (χ0v) is 11.8. The lowest BCUT2D eigenvalue weighted by atomic mass is 10.2. The zero-order chi connectivity index (χ0) is 12.6. The van der Waals surface area contributed by atoms with Gasteiger partial charge in [-0.15, -0.1) is 0 Å². The average molecular weight is 277 g/mol. The number of aromatic nitrogens is 1. The first-order valence-electron chi connectivity index (χ1n) is 5.80. The minimum absolute atomic E-state index is 0.712. The van der Waals surface area contributed by atoms with Gasteiger partial charge in [0.2, 0.25) is 0 Å². The number of pyridine rings is 1. The molecule has 0 saturated carbocycles. The van der Waals surface area contributed by atoms with E-state index in [0.29, 0.717) is 6.61 Å². The Morgan fingerprint density at radius 1 is 1.11 bits per heavy atom. The number of hydrogen-bond acceptors (Lipinski definition) is 4. The molecule has 0 fully saturated rings.